The zero-order chi connectivity index (χ0) is 13.8. The molecule has 0 fully saturated rings. The average Bonchev–Trinajstić information content (AvgIpc) is 3.00. The molecular weight excluding hydrogens is 256 g/mol. The normalized spacial score (nSPS) is 11.8. The summed E-state index contributed by atoms with van der Waals surface area (Å²) < 4.78 is 2.18. The van der Waals surface area contributed by atoms with Crippen molar-refractivity contribution in [3.05, 3.63) is 73.1 Å². The molecule has 98 valence electrons. The molecule has 0 atom stereocenters. The van der Waals surface area contributed by atoms with Crippen molar-refractivity contribution in [3.8, 4) is 11.3 Å². The molecule has 0 saturated heterocycles. The fraction of sp³-hybridized carbons (Fsp3) is 0. The van der Waals surface area contributed by atoms with Crippen LogP contribution in [0.1, 0.15) is 0 Å². The second-order valence-corrected chi connectivity index (χ2v) is 5.37. The van der Waals surface area contributed by atoms with Gasteiger partial charge in [-0.15, -0.1) is 0 Å². The van der Waals surface area contributed by atoms with E-state index in [0.29, 0.717) is 0 Å². The van der Waals surface area contributed by atoms with Gasteiger partial charge >= 0.3 is 0 Å². The monoisotopic (exact) mass is 268 g/mol. The van der Waals surface area contributed by atoms with E-state index in [1.165, 1.54) is 27.2 Å². The largest absolute Gasteiger partial charge is 0.321 e. The molecule has 2 aromatic carbocycles. The van der Waals surface area contributed by atoms with E-state index in [1.54, 1.807) is 0 Å². The Hall–Kier alpha value is -2.87. The zero-order valence-electron chi connectivity index (χ0n) is 11.3. The molecule has 2 heteroatoms. The lowest BCUT2D eigenvalue weighted by atomic mass is 10.1. The third-order valence-electron chi connectivity index (χ3n) is 4.17. The van der Waals surface area contributed by atoms with E-state index in [-0.39, 0.29) is 0 Å². The van der Waals surface area contributed by atoms with Gasteiger partial charge in [0.05, 0.1) is 16.7 Å². The molecule has 1 aromatic heterocycles. The van der Waals surface area contributed by atoms with Gasteiger partial charge in [-0.1, -0.05) is 48.5 Å². The first-order valence-corrected chi connectivity index (χ1v) is 7.09. The second-order valence-electron chi connectivity index (χ2n) is 5.37. The Bertz CT molecular complexity index is 1090. The topological polar surface area (TPSA) is 17.3 Å². The van der Waals surface area contributed by atoms with Crippen molar-refractivity contribution in [2.24, 2.45) is 0 Å². The Kier molecular flexibility index (Phi) is 1.98. The van der Waals surface area contributed by atoms with Crippen molar-refractivity contribution in [2.75, 3.05) is 0 Å². The van der Waals surface area contributed by atoms with Crippen LogP contribution in [0.2, 0.25) is 0 Å². The smallest absolute Gasteiger partial charge is 0.0962 e. The van der Waals surface area contributed by atoms with Crippen LogP contribution in [0.4, 0.5) is 0 Å². The summed E-state index contributed by atoms with van der Waals surface area (Å²) >= 11 is 0. The molecule has 2 aliphatic rings. The summed E-state index contributed by atoms with van der Waals surface area (Å²) in [4.78, 5) is 4.88. The van der Waals surface area contributed by atoms with Gasteiger partial charge in [-0.3, -0.25) is 0 Å². The van der Waals surface area contributed by atoms with Crippen LogP contribution in [-0.4, -0.2) is 9.38 Å². The first-order chi connectivity index (χ1) is 10.4. The summed E-state index contributed by atoms with van der Waals surface area (Å²) in [7, 11) is 0. The highest BCUT2D eigenvalue weighted by Gasteiger charge is 2.15. The van der Waals surface area contributed by atoms with E-state index in [9.17, 15) is 0 Å². The molecule has 0 radical (unpaired) electrons. The van der Waals surface area contributed by atoms with Crippen molar-refractivity contribution in [2.45, 2.75) is 0 Å². The SMILES string of the molecule is c1ccc2c(c1)cn1cccc3c4ccccc4nc-3c21. The van der Waals surface area contributed by atoms with Crippen LogP contribution in [0.3, 0.4) is 0 Å². The van der Waals surface area contributed by atoms with Crippen molar-refractivity contribution < 1.29 is 0 Å². The third kappa shape index (κ3) is 1.39. The third-order valence-corrected chi connectivity index (χ3v) is 4.17. The summed E-state index contributed by atoms with van der Waals surface area (Å²) in [5.74, 6) is 0. The molecule has 0 spiro atoms. The van der Waals surface area contributed by atoms with E-state index in [4.69, 9.17) is 4.98 Å². The minimum atomic E-state index is 1.06. The van der Waals surface area contributed by atoms with Crippen LogP contribution in [0, 0.1) is 0 Å². The predicted octanol–water partition coefficient (Wildman–Crippen LogP) is 4.75. The quantitative estimate of drug-likeness (QED) is 0.396. The van der Waals surface area contributed by atoms with Gasteiger partial charge in [0.25, 0.3) is 0 Å². The van der Waals surface area contributed by atoms with Gasteiger partial charge in [-0.2, -0.15) is 0 Å². The van der Waals surface area contributed by atoms with Gasteiger partial charge in [-0.25, -0.2) is 4.98 Å². The lowest BCUT2D eigenvalue weighted by Gasteiger charge is -1.95. The van der Waals surface area contributed by atoms with Gasteiger partial charge in [-0.05, 0) is 12.1 Å². The highest BCUT2D eigenvalue weighted by Crippen LogP contribution is 2.36. The van der Waals surface area contributed by atoms with Crippen LogP contribution < -0.4 is 0 Å². The fourth-order valence-corrected chi connectivity index (χ4v) is 3.23. The highest BCUT2D eigenvalue weighted by molar-refractivity contribution is 6.09. The van der Waals surface area contributed by atoms with Gasteiger partial charge in [0.1, 0.15) is 0 Å². The van der Waals surface area contributed by atoms with Crippen molar-refractivity contribution in [1.29, 1.82) is 0 Å². The molecule has 0 amide bonds. The van der Waals surface area contributed by atoms with Crippen LogP contribution in [0.25, 0.3) is 38.4 Å². The summed E-state index contributed by atoms with van der Waals surface area (Å²) in [5.41, 5.74) is 4.53. The minimum Gasteiger partial charge on any atom is -0.321 e. The Morgan fingerprint density at radius 3 is 2.52 bits per heavy atom. The molecule has 0 unspecified atom stereocenters. The number of para-hydroxylation sites is 1. The van der Waals surface area contributed by atoms with Gasteiger partial charge in [0, 0.05) is 34.1 Å². The van der Waals surface area contributed by atoms with E-state index >= 15 is 0 Å². The maximum Gasteiger partial charge on any atom is 0.0962 e. The van der Waals surface area contributed by atoms with E-state index < -0.39 is 0 Å². The molecule has 0 N–H and O–H groups in total. The molecule has 0 aliphatic carbocycles. The van der Waals surface area contributed by atoms with E-state index in [1.807, 2.05) is 6.07 Å². The van der Waals surface area contributed by atoms with Crippen molar-refractivity contribution in [1.82, 2.24) is 9.38 Å². The average molecular weight is 268 g/mol. The standard InChI is InChI=1S/C19H12N2/c1-2-7-14-13(6-1)12-21-11-5-9-16-15-8-3-4-10-17(15)20-18(16)19(14)21/h1-12H. The lowest BCUT2D eigenvalue weighted by Crippen LogP contribution is -1.79. The summed E-state index contributed by atoms with van der Waals surface area (Å²) in [5, 5.41) is 3.72. The Labute approximate surface area is 121 Å². The molecule has 5 rings (SSSR count). The van der Waals surface area contributed by atoms with E-state index in [0.717, 1.165) is 11.2 Å². The van der Waals surface area contributed by atoms with Crippen LogP contribution in [0.5, 0.6) is 0 Å². The molecule has 21 heavy (non-hydrogen) atoms. The maximum atomic E-state index is 4.88. The highest BCUT2D eigenvalue weighted by atomic mass is 14.9. The summed E-state index contributed by atoms with van der Waals surface area (Å²) in [6.07, 6.45) is 4.27. The molecule has 2 nitrogen and oxygen atoms in total. The maximum absolute atomic E-state index is 4.88. The lowest BCUT2D eigenvalue weighted by molar-refractivity contribution is 1.22. The summed E-state index contributed by atoms with van der Waals surface area (Å²) in [6, 6.07) is 21.1. The molecule has 0 bridgehead atoms. The molecule has 3 heterocycles. The zero-order valence-corrected chi connectivity index (χ0v) is 11.3. The van der Waals surface area contributed by atoms with Crippen LogP contribution >= 0.6 is 0 Å². The Morgan fingerprint density at radius 1 is 0.762 bits per heavy atom. The number of benzene rings is 2. The number of hydrogen-bond donors (Lipinski definition) is 0. The molecule has 3 aromatic rings. The van der Waals surface area contributed by atoms with Crippen LogP contribution in [0.15, 0.2) is 73.1 Å². The van der Waals surface area contributed by atoms with Gasteiger partial charge in [0.2, 0.25) is 0 Å². The number of hydrogen-bond acceptors (Lipinski definition) is 1. The number of aromatic nitrogens is 2. The number of fused-ring (bicyclic) bond motifs is 7. The molecule has 0 saturated carbocycles. The summed E-state index contributed by atoms with van der Waals surface area (Å²) in [6.45, 7) is 0. The van der Waals surface area contributed by atoms with E-state index in [2.05, 4.69) is 71.4 Å². The number of nitrogens with zero attached hydrogens (tertiary/aromatic N) is 2. The van der Waals surface area contributed by atoms with Gasteiger partial charge < -0.3 is 4.40 Å². The van der Waals surface area contributed by atoms with Crippen molar-refractivity contribution >= 4 is 27.2 Å². The van der Waals surface area contributed by atoms with Gasteiger partial charge in [0.15, 0.2) is 0 Å². The second kappa shape index (κ2) is 3.83. The van der Waals surface area contributed by atoms with Crippen molar-refractivity contribution in [3.63, 3.8) is 0 Å². The minimum absolute atomic E-state index is 1.06. The molecule has 2 aliphatic heterocycles. The Morgan fingerprint density at radius 2 is 1.57 bits per heavy atom. The Balaban J connectivity index is 2.10. The van der Waals surface area contributed by atoms with Crippen LogP contribution in [-0.2, 0) is 0 Å². The molecular formula is C19H12N2. The first-order valence-electron chi connectivity index (χ1n) is 7.09. The predicted molar refractivity (Wildman–Crippen MR) is 86.8 cm³/mol. The fourth-order valence-electron chi connectivity index (χ4n) is 3.23. The number of rotatable bonds is 0. The first kappa shape index (κ1) is 10.9.